The number of ether oxygens (including phenoxy) is 1. The number of benzene rings is 4. The maximum absolute atomic E-state index is 13.5. The van der Waals surface area contributed by atoms with E-state index in [2.05, 4.69) is 51.6 Å². The van der Waals surface area contributed by atoms with Gasteiger partial charge in [-0.3, -0.25) is 34.1 Å². The fraction of sp³-hybridized carbons (Fsp3) is 0.222. The number of aromatic nitrogens is 5. The van der Waals surface area contributed by atoms with E-state index >= 15 is 0 Å². The van der Waals surface area contributed by atoms with Gasteiger partial charge in [-0.25, -0.2) is 23.3 Å². The summed E-state index contributed by atoms with van der Waals surface area (Å²) in [7, 11) is -2.17. The Labute approximate surface area is 396 Å². The first-order chi connectivity index (χ1) is 33.4. The van der Waals surface area contributed by atoms with E-state index < -0.39 is 57.8 Å². The number of carbonyl (C=O) groups is 5. The van der Waals surface area contributed by atoms with Crippen LogP contribution in [0.15, 0.2) is 108 Å². The fourth-order valence-electron chi connectivity index (χ4n) is 7.68. The summed E-state index contributed by atoms with van der Waals surface area (Å²) in [6, 6.07) is 20.8. The van der Waals surface area contributed by atoms with E-state index in [4.69, 9.17) is 5.14 Å². The first kappa shape index (κ1) is 48.0. The number of sulfonamides is 1. The van der Waals surface area contributed by atoms with Crippen LogP contribution in [0.3, 0.4) is 0 Å². The molecular weight excluding hydrogens is 940 g/mol. The van der Waals surface area contributed by atoms with Gasteiger partial charge in [-0.15, -0.1) is 18.3 Å². The molecule has 21 nitrogen and oxygen atoms in total. The number of halogens is 3. The van der Waals surface area contributed by atoms with Crippen LogP contribution in [0.2, 0.25) is 0 Å². The van der Waals surface area contributed by atoms with Crippen molar-refractivity contribution in [1.82, 2.24) is 35.2 Å². The summed E-state index contributed by atoms with van der Waals surface area (Å²) in [5.74, 6) is -2.29. The second-order valence-electron chi connectivity index (χ2n) is 15.9. The molecule has 6 aromatic rings. The summed E-state index contributed by atoms with van der Waals surface area (Å²) in [5.41, 5.74) is 2.30. The third kappa shape index (κ3) is 11.3. The lowest BCUT2D eigenvalue weighted by molar-refractivity contribution is -0.274. The molecule has 0 saturated carbocycles. The van der Waals surface area contributed by atoms with Gasteiger partial charge in [-0.1, -0.05) is 17.3 Å². The lowest BCUT2D eigenvalue weighted by Crippen LogP contribution is -2.54. The number of carbonyl (C=O) groups excluding carboxylic acids is 5. The number of piperidine rings is 1. The van der Waals surface area contributed by atoms with Crippen LogP contribution in [0.4, 0.5) is 58.2 Å². The minimum Gasteiger partial charge on any atom is -0.405 e. The van der Waals surface area contributed by atoms with Crippen LogP contribution in [-0.2, 0) is 26.2 Å². The van der Waals surface area contributed by atoms with E-state index in [1.54, 1.807) is 60.5 Å². The van der Waals surface area contributed by atoms with Gasteiger partial charge in [0.2, 0.25) is 27.8 Å². The molecule has 6 amide bonds. The highest BCUT2D eigenvalue weighted by atomic mass is 32.2. The number of primary sulfonamides is 1. The van der Waals surface area contributed by atoms with E-state index in [1.807, 2.05) is 0 Å². The van der Waals surface area contributed by atoms with Gasteiger partial charge in [-0.2, -0.15) is 4.98 Å². The molecule has 0 radical (unpaired) electrons. The highest BCUT2D eigenvalue weighted by molar-refractivity contribution is 7.89. The van der Waals surface area contributed by atoms with E-state index in [1.165, 1.54) is 53.5 Å². The van der Waals surface area contributed by atoms with Crippen LogP contribution in [0, 0.1) is 0 Å². The smallest absolute Gasteiger partial charge is 0.405 e. The lowest BCUT2D eigenvalue weighted by atomic mass is 10.0. The number of nitrogens with one attached hydrogen (secondary N) is 5. The lowest BCUT2D eigenvalue weighted by Gasteiger charge is -2.27. The zero-order chi connectivity index (χ0) is 49.7. The Hall–Kier alpha value is -8.45. The summed E-state index contributed by atoms with van der Waals surface area (Å²) in [6.45, 7) is 0.771. The number of alkyl halides is 3. The maximum atomic E-state index is 13.5. The summed E-state index contributed by atoms with van der Waals surface area (Å²) >= 11 is 0. The number of anilines is 7. The van der Waals surface area contributed by atoms with Gasteiger partial charge < -0.3 is 30.9 Å². The van der Waals surface area contributed by atoms with Gasteiger partial charge >= 0.3 is 12.4 Å². The van der Waals surface area contributed by atoms with Crippen molar-refractivity contribution in [2.75, 3.05) is 39.8 Å². The highest BCUT2D eigenvalue weighted by Crippen LogP contribution is 2.36. The van der Waals surface area contributed by atoms with Crippen LogP contribution in [-0.4, -0.2) is 93.9 Å². The van der Waals surface area contributed by atoms with E-state index in [9.17, 15) is 45.6 Å². The molecule has 8 rings (SSSR count). The Kier molecular flexibility index (Phi) is 13.7. The molecule has 362 valence electrons. The molecule has 1 saturated heterocycles. The Morgan fingerprint density at radius 2 is 1.66 bits per heavy atom. The Balaban J connectivity index is 0.842. The predicted molar refractivity (Wildman–Crippen MR) is 248 cm³/mol. The molecule has 1 atom stereocenters. The summed E-state index contributed by atoms with van der Waals surface area (Å²) in [6.07, 6.45) is -0.135. The largest absolute Gasteiger partial charge is 0.573 e. The van der Waals surface area contributed by atoms with Crippen LogP contribution in [0.25, 0.3) is 11.3 Å². The average Bonchev–Trinajstić information content (AvgIpc) is 3.89. The molecule has 0 bridgehead atoms. The molecule has 1 fully saturated rings. The van der Waals surface area contributed by atoms with Gasteiger partial charge in [0.15, 0.2) is 0 Å². The number of aryl methyl sites for hydroxylation is 1. The number of imide groups is 2. The fourth-order valence-corrected chi connectivity index (χ4v) is 8.24. The molecular formula is C45H42F3N13O8S. The van der Waals surface area contributed by atoms with Gasteiger partial charge in [0.25, 0.3) is 11.8 Å². The van der Waals surface area contributed by atoms with Crippen molar-refractivity contribution in [3.05, 3.63) is 115 Å². The van der Waals surface area contributed by atoms with Crippen molar-refractivity contribution in [3.8, 4) is 17.0 Å². The first-order valence-electron chi connectivity index (χ1n) is 21.4. The summed E-state index contributed by atoms with van der Waals surface area (Å²) in [5, 5.41) is 27.0. The van der Waals surface area contributed by atoms with Gasteiger partial charge in [0, 0.05) is 66.8 Å². The molecule has 2 aliphatic rings. The number of rotatable bonds is 17. The average molecular weight is 982 g/mol. The zero-order valence-electron chi connectivity index (χ0n) is 36.9. The summed E-state index contributed by atoms with van der Waals surface area (Å²) < 4.78 is 69.7. The molecule has 1 unspecified atom stereocenters. The number of hydrogen-bond donors (Lipinski definition) is 6. The van der Waals surface area contributed by atoms with Crippen LogP contribution >= 0.6 is 0 Å². The second kappa shape index (κ2) is 20.0. The molecule has 0 aliphatic carbocycles. The zero-order valence-corrected chi connectivity index (χ0v) is 37.7. The first-order valence-corrected chi connectivity index (χ1v) is 23.0. The number of nitrogens with two attached hydrogens (primary N) is 1. The van der Waals surface area contributed by atoms with Crippen molar-refractivity contribution in [2.24, 2.45) is 5.14 Å². The number of nitrogens with zero attached hydrogens (tertiary/aromatic N) is 7. The van der Waals surface area contributed by atoms with Crippen molar-refractivity contribution in [1.29, 1.82) is 0 Å². The van der Waals surface area contributed by atoms with Crippen molar-refractivity contribution in [3.63, 3.8) is 0 Å². The number of hydrogen-bond acceptors (Lipinski definition) is 15. The molecule has 25 heteroatoms. The van der Waals surface area contributed by atoms with Gasteiger partial charge in [0.1, 0.15) is 23.3 Å². The maximum Gasteiger partial charge on any atom is 0.573 e. The van der Waals surface area contributed by atoms with E-state index in [0.717, 1.165) is 11.0 Å². The third-order valence-electron chi connectivity index (χ3n) is 11.0. The van der Waals surface area contributed by atoms with Crippen molar-refractivity contribution < 1.29 is 50.3 Å². The number of amides is 6. The molecule has 70 heavy (non-hydrogen) atoms. The Morgan fingerprint density at radius 3 is 2.41 bits per heavy atom. The minimum absolute atomic E-state index is 0.00768. The van der Waals surface area contributed by atoms with Crippen molar-refractivity contribution in [2.45, 2.75) is 55.9 Å². The van der Waals surface area contributed by atoms with E-state index in [-0.39, 0.29) is 51.8 Å². The topological polar surface area (TPSA) is 278 Å². The van der Waals surface area contributed by atoms with Gasteiger partial charge in [-0.05, 0) is 105 Å². The highest BCUT2D eigenvalue weighted by Gasteiger charge is 2.45. The Morgan fingerprint density at radius 1 is 0.900 bits per heavy atom. The number of fused-ring (bicyclic) bond motifs is 1. The molecule has 4 heterocycles. The third-order valence-corrected chi connectivity index (χ3v) is 12.0. The van der Waals surface area contributed by atoms with Crippen LogP contribution in [0.1, 0.15) is 52.8 Å². The van der Waals surface area contributed by atoms with Gasteiger partial charge in [0.05, 0.1) is 22.2 Å². The normalized spacial score (nSPS) is 14.8. The standard InChI is InChI=1S/C45H42F3N13O8S/c1-59(37-19-21-51-43(55-37)52-27-7-5-8-30(23-27)70(49,67)68)29-14-11-26(12-15-29)53-44(66)54-28-13-17-36(69-45(46,47)48)32(24-28)34-25-60(58-57-34)22-4-2-3-20-50-33-10-6-9-31-39(33)42(65)61(41(31)64)35-16-18-38(62)56-40(35)63/h5-15,17,19,21,23-25,35,50H,2-4,16,18,20,22H2,1H3,(H2,49,67,68)(H,51,52,55)(H2,53,54,66)(H,56,62,63). The summed E-state index contributed by atoms with van der Waals surface area (Å²) in [4.78, 5) is 75.0. The minimum atomic E-state index is -5.03. The molecule has 7 N–H and O–H groups in total. The molecule has 2 aromatic heterocycles. The van der Waals surface area contributed by atoms with Crippen LogP contribution in [0.5, 0.6) is 5.75 Å². The number of unbranched alkanes of at least 4 members (excludes halogenated alkanes) is 2. The number of urea groups is 1. The second-order valence-corrected chi connectivity index (χ2v) is 17.5. The van der Waals surface area contributed by atoms with Crippen LogP contribution < -0.4 is 41.4 Å². The molecule has 0 spiro atoms. The van der Waals surface area contributed by atoms with E-state index in [0.29, 0.717) is 60.9 Å². The molecule has 4 aromatic carbocycles. The monoisotopic (exact) mass is 981 g/mol. The Bertz CT molecular complexity index is 3120. The molecule has 2 aliphatic heterocycles. The quantitative estimate of drug-likeness (QED) is 0.0444. The predicted octanol–water partition coefficient (Wildman–Crippen LogP) is 6.12. The van der Waals surface area contributed by atoms with Crippen molar-refractivity contribution >= 4 is 79.9 Å². The SMILES string of the molecule is CN(c1ccc(NC(=O)Nc2ccc(OC(F)(F)F)c(-c3cn(CCCCCNc4cccc5c4C(=O)N(C4CCC(=O)NC4=O)C5=O)nn3)c2)cc1)c1ccnc(Nc2cccc(S(N)(=O)=O)c2)n1.